The molecular formula is C18H18BrNO4. The van der Waals surface area contributed by atoms with E-state index in [0.29, 0.717) is 23.6 Å². The molecule has 0 amide bonds. The molecule has 126 valence electrons. The van der Waals surface area contributed by atoms with Crippen molar-refractivity contribution in [1.29, 1.82) is 0 Å². The molecule has 0 radical (unpaired) electrons. The van der Waals surface area contributed by atoms with Crippen molar-refractivity contribution in [2.45, 2.75) is 26.4 Å². The van der Waals surface area contributed by atoms with E-state index in [1.807, 2.05) is 30.3 Å². The smallest absolute Gasteiger partial charge is 0.306 e. The summed E-state index contributed by atoms with van der Waals surface area (Å²) in [4.78, 5) is 28.0. The molecular weight excluding hydrogens is 374 g/mol. The fourth-order valence-corrected chi connectivity index (χ4v) is 2.35. The van der Waals surface area contributed by atoms with Crippen molar-refractivity contribution in [3.63, 3.8) is 0 Å². The molecule has 0 bridgehead atoms. The second-order valence-corrected chi connectivity index (χ2v) is 5.80. The highest BCUT2D eigenvalue weighted by Crippen LogP contribution is 2.22. The van der Waals surface area contributed by atoms with Crippen molar-refractivity contribution in [1.82, 2.24) is 4.98 Å². The average molecular weight is 392 g/mol. The average Bonchev–Trinajstić information content (AvgIpc) is 2.59. The lowest BCUT2D eigenvalue weighted by Crippen LogP contribution is -2.11. The summed E-state index contributed by atoms with van der Waals surface area (Å²) in [7, 11) is 0. The number of aromatic nitrogens is 1. The lowest BCUT2D eigenvalue weighted by atomic mass is 10.1. The number of ketones is 1. The van der Waals surface area contributed by atoms with Crippen molar-refractivity contribution >= 4 is 27.7 Å². The minimum Gasteiger partial charge on any atom is -0.487 e. The molecule has 2 aromatic rings. The molecule has 0 aliphatic carbocycles. The van der Waals surface area contributed by atoms with Gasteiger partial charge < -0.3 is 9.47 Å². The van der Waals surface area contributed by atoms with Crippen LogP contribution in [0, 0.1) is 0 Å². The van der Waals surface area contributed by atoms with Gasteiger partial charge in [0.15, 0.2) is 5.78 Å². The van der Waals surface area contributed by atoms with Crippen LogP contribution in [0.3, 0.4) is 0 Å². The van der Waals surface area contributed by atoms with Crippen LogP contribution in [0.2, 0.25) is 0 Å². The van der Waals surface area contributed by atoms with Crippen molar-refractivity contribution in [2.24, 2.45) is 0 Å². The van der Waals surface area contributed by atoms with Gasteiger partial charge in [-0.3, -0.25) is 9.59 Å². The van der Waals surface area contributed by atoms with Gasteiger partial charge in [-0.2, -0.15) is 0 Å². The van der Waals surface area contributed by atoms with Crippen LogP contribution >= 0.6 is 15.9 Å². The quantitative estimate of drug-likeness (QED) is 0.387. The van der Waals surface area contributed by atoms with Gasteiger partial charge in [0.25, 0.3) is 0 Å². The Balaban J connectivity index is 2.06. The topological polar surface area (TPSA) is 65.5 Å². The van der Waals surface area contributed by atoms with Crippen LogP contribution in [0.1, 0.15) is 35.8 Å². The maximum absolute atomic E-state index is 12.4. The number of halogens is 1. The molecule has 0 atom stereocenters. The summed E-state index contributed by atoms with van der Waals surface area (Å²) in [5, 5.41) is 0. The standard InChI is InChI=1S/C18H18BrNO4/c1-2-23-17(22)11-8-14(21)18-15(9-10-16(19)20-18)24-12-13-6-4-3-5-7-13/h3-7,9-10H,2,8,11-12H2,1H3. The number of ether oxygens (including phenoxy) is 2. The minimum atomic E-state index is -0.396. The molecule has 1 aromatic carbocycles. The molecule has 5 nitrogen and oxygen atoms in total. The van der Waals surface area contributed by atoms with E-state index in [1.54, 1.807) is 19.1 Å². The third-order valence-corrected chi connectivity index (χ3v) is 3.63. The molecule has 0 spiro atoms. The maximum Gasteiger partial charge on any atom is 0.306 e. The highest BCUT2D eigenvalue weighted by Gasteiger charge is 2.17. The Hall–Kier alpha value is -2.21. The Labute approximate surface area is 149 Å². The van der Waals surface area contributed by atoms with Crippen molar-refractivity contribution < 1.29 is 19.1 Å². The first-order valence-electron chi connectivity index (χ1n) is 7.62. The molecule has 0 aliphatic heterocycles. The Morgan fingerprint density at radius 3 is 2.54 bits per heavy atom. The number of esters is 1. The molecule has 0 fully saturated rings. The molecule has 0 unspecified atom stereocenters. The van der Waals surface area contributed by atoms with Crippen LogP contribution in [-0.4, -0.2) is 23.3 Å². The van der Waals surface area contributed by atoms with E-state index in [0.717, 1.165) is 5.56 Å². The molecule has 0 saturated heterocycles. The summed E-state index contributed by atoms with van der Waals surface area (Å²) in [6, 6.07) is 13.0. The molecule has 0 aliphatic rings. The van der Waals surface area contributed by atoms with Crippen molar-refractivity contribution in [3.05, 3.63) is 58.3 Å². The number of Topliss-reactive ketones (excluding diaryl/α,β-unsaturated/α-hetero) is 1. The third-order valence-electron chi connectivity index (χ3n) is 3.19. The Morgan fingerprint density at radius 1 is 1.08 bits per heavy atom. The van der Waals surface area contributed by atoms with E-state index < -0.39 is 5.97 Å². The van der Waals surface area contributed by atoms with Crippen LogP contribution in [0.4, 0.5) is 0 Å². The lowest BCUT2D eigenvalue weighted by molar-refractivity contribution is -0.143. The zero-order valence-corrected chi connectivity index (χ0v) is 14.9. The normalized spacial score (nSPS) is 10.2. The predicted octanol–water partition coefficient (Wildman–Crippen LogP) is 3.95. The van der Waals surface area contributed by atoms with Gasteiger partial charge in [0.1, 0.15) is 22.7 Å². The number of pyridine rings is 1. The predicted molar refractivity (Wildman–Crippen MR) is 92.9 cm³/mol. The third kappa shape index (κ3) is 5.45. The first-order valence-corrected chi connectivity index (χ1v) is 8.41. The van der Waals surface area contributed by atoms with Crippen LogP contribution in [-0.2, 0) is 16.1 Å². The largest absolute Gasteiger partial charge is 0.487 e. The van der Waals surface area contributed by atoms with E-state index in [1.165, 1.54) is 0 Å². The highest BCUT2D eigenvalue weighted by atomic mass is 79.9. The number of carbonyl (C=O) groups excluding carboxylic acids is 2. The van der Waals surface area contributed by atoms with Gasteiger partial charge in [0.05, 0.1) is 13.0 Å². The number of benzene rings is 1. The van der Waals surface area contributed by atoms with E-state index >= 15 is 0 Å². The Bertz CT molecular complexity index is 703. The first kappa shape index (κ1) is 18.1. The van der Waals surface area contributed by atoms with Gasteiger partial charge in [-0.1, -0.05) is 30.3 Å². The van der Waals surface area contributed by atoms with Gasteiger partial charge in [-0.05, 0) is 40.5 Å². The number of carbonyl (C=O) groups is 2. The zero-order chi connectivity index (χ0) is 17.4. The van der Waals surface area contributed by atoms with E-state index in [-0.39, 0.29) is 24.3 Å². The van der Waals surface area contributed by atoms with Crippen LogP contribution in [0.5, 0.6) is 5.75 Å². The lowest BCUT2D eigenvalue weighted by Gasteiger charge is -2.10. The van der Waals surface area contributed by atoms with E-state index in [4.69, 9.17) is 9.47 Å². The molecule has 1 heterocycles. The summed E-state index contributed by atoms with van der Waals surface area (Å²) in [6.45, 7) is 2.36. The Morgan fingerprint density at radius 2 is 1.83 bits per heavy atom. The molecule has 1 aromatic heterocycles. The van der Waals surface area contributed by atoms with Gasteiger partial charge in [-0.15, -0.1) is 0 Å². The van der Waals surface area contributed by atoms with Gasteiger partial charge in [0, 0.05) is 6.42 Å². The molecule has 0 N–H and O–H groups in total. The maximum atomic E-state index is 12.4. The Kier molecular flexibility index (Phi) is 6.93. The number of hydrogen-bond acceptors (Lipinski definition) is 5. The number of nitrogens with zero attached hydrogens (tertiary/aromatic N) is 1. The second kappa shape index (κ2) is 9.17. The molecule has 2 rings (SSSR count). The van der Waals surface area contributed by atoms with Gasteiger partial charge in [-0.25, -0.2) is 4.98 Å². The fourth-order valence-electron chi connectivity index (χ4n) is 2.04. The van der Waals surface area contributed by atoms with E-state index in [9.17, 15) is 9.59 Å². The molecule has 0 saturated carbocycles. The zero-order valence-electron chi connectivity index (χ0n) is 13.3. The molecule has 6 heteroatoms. The van der Waals surface area contributed by atoms with Crippen molar-refractivity contribution in [2.75, 3.05) is 6.61 Å². The van der Waals surface area contributed by atoms with Gasteiger partial charge in [0.2, 0.25) is 0 Å². The highest BCUT2D eigenvalue weighted by molar-refractivity contribution is 9.10. The van der Waals surface area contributed by atoms with Crippen LogP contribution < -0.4 is 4.74 Å². The number of hydrogen-bond donors (Lipinski definition) is 0. The van der Waals surface area contributed by atoms with Crippen molar-refractivity contribution in [3.8, 4) is 5.75 Å². The SMILES string of the molecule is CCOC(=O)CCC(=O)c1nc(Br)ccc1OCc1ccccc1. The van der Waals surface area contributed by atoms with Crippen LogP contribution in [0.15, 0.2) is 47.1 Å². The van der Waals surface area contributed by atoms with E-state index in [2.05, 4.69) is 20.9 Å². The minimum absolute atomic E-state index is 0.0268. The fraction of sp³-hybridized carbons (Fsp3) is 0.278. The van der Waals surface area contributed by atoms with Crippen LogP contribution in [0.25, 0.3) is 0 Å². The monoisotopic (exact) mass is 391 g/mol. The summed E-state index contributed by atoms with van der Waals surface area (Å²) in [6.07, 6.45) is 0.0585. The second-order valence-electron chi connectivity index (χ2n) is 4.98. The molecule has 24 heavy (non-hydrogen) atoms. The summed E-state index contributed by atoms with van der Waals surface area (Å²) in [5.41, 5.74) is 1.20. The van der Waals surface area contributed by atoms with Gasteiger partial charge >= 0.3 is 5.97 Å². The summed E-state index contributed by atoms with van der Waals surface area (Å²) >= 11 is 3.26. The number of rotatable bonds is 8. The first-order chi connectivity index (χ1) is 11.6. The summed E-state index contributed by atoms with van der Waals surface area (Å²) < 4.78 is 11.1. The summed E-state index contributed by atoms with van der Waals surface area (Å²) in [5.74, 6) is -0.254.